The van der Waals surface area contributed by atoms with Gasteiger partial charge < -0.3 is 14.4 Å². The van der Waals surface area contributed by atoms with Crippen LogP contribution in [0.3, 0.4) is 0 Å². The highest BCUT2D eigenvalue weighted by molar-refractivity contribution is 5.29. The van der Waals surface area contributed by atoms with Crippen LogP contribution in [0, 0.1) is 0 Å². The number of ether oxygens (including phenoxy) is 1. The second kappa shape index (κ2) is 6.21. The Hall–Kier alpha value is -1.81. The molecular formula is C14H18N2O2. The van der Waals surface area contributed by atoms with Crippen LogP contribution in [0.2, 0.25) is 0 Å². The van der Waals surface area contributed by atoms with Gasteiger partial charge in [-0.15, -0.1) is 0 Å². The zero-order valence-electron chi connectivity index (χ0n) is 10.5. The van der Waals surface area contributed by atoms with Crippen molar-refractivity contribution in [3.05, 3.63) is 48.5 Å². The zero-order chi connectivity index (χ0) is 12.8. The first-order valence-electron chi connectivity index (χ1n) is 6.12. The lowest BCUT2D eigenvalue weighted by Crippen LogP contribution is -2.03. The number of aryl methyl sites for hydroxylation is 1. The monoisotopic (exact) mass is 246 g/mol. The Balaban J connectivity index is 1.78. The number of benzene rings is 1. The summed E-state index contributed by atoms with van der Waals surface area (Å²) in [5, 5.41) is 9.48. The van der Waals surface area contributed by atoms with Crippen LogP contribution in [-0.4, -0.2) is 21.3 Å². The SMILES string of the molecule is C[C@@H](O)c1cccc(OCCCn2ccnc2)c1. The molecule has 0 spiro atoms. The molecule has 2 aromatic rings. The second-order valence-corrected chi connectivity index (χ2v) is 4.25. The maximum Gasteiger partial charge on any atom is 0.119 e. The molecule has 4 nitrogen and oxygen atoms in total. The van der Waals surface area contributed by atoms with Gasteiger partial charge in [-0.2, -0.15) is 0 Å². The lowest BCUT2D eigenvalue weighted by Gasteiger charge is -2.09. The van der Waals surface area contributed by atoms with Crippen molar-refractivity contribution in [1.29, 1.82) is 0 Å². The van der Waals surface area contributed by atoms with Gasteiger partial charge in [0.25, 0.3) is 0 Å². The summed E-state index contributed by atoms with van der Waals surface area (Å²) in [6, 6.07) is 7.57. The number of rotatable bonds is 6. The average molecular weight is 246 g/mol. The molecule has 1 heterocycles. The fraction of sp³-hybridized carbons (Fsp3) is 0.357. The van der Waals surface area contributed by atoms with Crippen molar-refractivity contribution in [2.45, 2.75) is 26.0 Å². The summed E-state index contributed by atoms with van der Waals surface area (Å²) >= 11 is 0. The van der Waals surface area contributed by atoms with E-state index in [1.165, 1.54) is 0 Å². The molecule has 0 amide bonds. The van der Waals surface area contributed by atoms with Crippen molar-refractivity contribution in [3.63, 3.8) is 0 Å². The minimum absolute atomic E-state index is 0.459. The van der Waals surface area contributed by atoms with Gasteiger partial charge in [0, 0.05) is 18.9 Å². The van der Waals surface area contributed by atoms with Crippen LogP contribution in [0.15, 0.2) is 43.0 Å². The third-order valence-corrected chi connectivity index (χ3v) is 2.73. The highest BCUT2D eigenvalue weighted by Crippen LogP contribution is 2.18. The van der Waals surface area contributed by atoms with Gasteiger partial charge in [0.15, 0.2) is 0 Å². The van der Waals surface area contributed by atoms with E-state index in [1.54, 1.807) is 19.4 Å². The predicted octanol–water partition coefficient (Wildman–Crippen LogP) is 2.41. The van der Waals surface area contributed by atoms with E-state index in [0.717, 1.165) is 24.3 Å². The standard InChI is InChI=1S/C14H18N2O2/c1-12(17)13-4-2-5-14(10-13)18-9-3-7-16-8-6-15-11-16/h2,4-6,8,10-12,17H,3,7,9H2,1H3/t12-/m1/s1. The molecule has 1 aromatic carbocycles. The summed E-state index contributed by atoms with van der Waals surface area (Å²) < 4.78 is 7.67. The minimum atomic E-state index is -0.459. The van der Waals surface area contributed by atoms with Crippen LogP contribution in [0.5, 0.6) is 5.75 Å². The summed E-state index contributed by atoms with van der Waals surface area (Å²) in [6.45, 7) is 3.30. The van der Waals surface area contributed by atoms with Gasteiger partial charge >= 0.3 is 0 Å². The fourth-order valence-electron chi connectivity index (χ4n) is 1.72. The Kier molecular flexibility index (Phi) is 4.36. The molecule has 0 radical (unpaired) electrons. The molecule has 96 valence electrons. The topological polar surface area (TPSA) is 47.3 Å². The van der Waals surface area contributed by atoms with Crippen molar-refractivity contribution in [1.82, 2.24) is 9.55 Å². The molecule has 0 unspecified atom stereocenters. The molecule has 0 aliphatic rings. The van der Waals surface area contributed by atoms with Crippen LogP contribution in [0.4, 0.5) is 0 Å². The van der Waals surface area contributed by atoms with Gasteiger partial charge in [-0.25, -0.2) is 4.98 Å². The third kappa shape index (κ3) is 3.60. The summed E-state index contributed by atoms with van der Waals surface area (Å²) in [5.41, 5.74) is 0.877. The fourth-order valence-corrected chi connectivity index (χ4v) is 1.72. The Morgan fingerprint density at radius 2 is 2.33 bits per heavy atom. The molecule has 1 aromatic heterocycles. The lowest BCUT2D eigenvalue weighted by molar-refractivity contribution is 0.198. The van der Waals surface area contributed by atoms with Gasteiger partial charge in [-0.3, -0.25) is 0 Å². The average Bonchev–Trinajstić information content (AvgIpc) is 2.88. The number of hydrogen-bond donors (Lipinski definition) is 1. The molecule has 0 bridgehead atoms. The lowest BCUT2D eigenvalue weighted by atomic mass is 10.1. The van der Waals surface area contributed by atoms with Gasteiger partial charge in [-0.1, -0.05) is 12.1 Å². The van der Waals surface area contributed by atoms with Crippen molar-refractivity contribution in [3.8, 4) is 5.75 Å². The second-order valence-electron chi connectivity index (χ2n) is 4.25. The maximum atomic E-state index is 9.48. The first-order chi connectivity index (χ1) is 8.75. The Labute approximate surface area is 107 Å². The van der Waals surface area contributed by atoms with E-state index in [0.29, 0.717) is 6.61 Å². The summed E-state index contributed by atoms with van der Waals surface area (Å²) in [4.78, 5) is 3.98. The van der Waals surface area contributed by atoms with Gasteiger partial charge in [0.1, 0.15) is 5.75 Å². The number of imidazole rings is 1. The highest BCUT2D eigenvalue weighted by atomic mass is 16.5. The van der Waals surface area contributed by atoms with E-state index < -0.39 is 6.10 Å². The third-order valence-electron chi connectivity index (χ3n) is 2.73. The maximum absolute atomic E-state index is 9.48. The molecule has 0 fully saturated rings. The summed E-state index contributed by atoms with van der Waals surface area (Å²) in [7, 11) is 0. The van der Waals surface area contributed by atoms with Crippen LogP contribution >= 0.6 is 0 Å². The quantitative estimate of drug-likeness (QED) is 0.796. The molecule has 2 rings (SSSR count). The molecule has 4 heteroatoms. The number of hydrogen-bond acceptors (Lipinski definition) is 3. The Morgan fingerprint density at radius 1 is 1.44 bits per heavy atom. The highest BCUT2D eigenvalue weighted by Gasteiger charge is 2.02. The molecular weight excluding hydrogens is 228 g/mol. The first-order valence-corrected chi connectivity index (χ1v) is 6.12. The molecule has 0 aliphatic heterocycles. The van der Waals surface area contributed by atoms with Gasteiger partial charge in [-0.05, 0) is 31.0 Å². The predicted molar refractivity (Wildman–Crippen MR) is 69.4 cm³/mol. The van der Waals surface area contributed by atoms with Crippen LogP contribution < -0.4 is 4.74 Å². The molecule has 0 saturated heterocycles. The minimum Gasteiger partial charge on any atom is -0.494 e. The van der Waals surface area contributed by atoms with Gasteiger partial charge in [0.2, 0.25) is 0 Å². The normalized spacial score (nSPS) is 12.3. The van der Waals surface area contributed by atoms with E-state index in [2.05, 4.69) is 4.98 Å². The number of aromatic nitrogens is 2. The molecule has 18 heavy (non-hydrogen) atoms. The number of aliphatic hydroxyl groups is 1. The van der Waals surface area contributed by atoms with E-state index >= 15 is 0 Å². The van der Waals surface area contributed by atoms with Crippen LogP contribution in [0.25, 0.3) is 0 Å². The van der Waals surface area contributed by atoms with Crippen LogP contribution in [-0.2, 0) is 6.54 Å². The summed E-state index contributed by atoms with van der Waals surface area (Å²) in [6.07, 6.45) is 5.98. The zero-order valence-corrected chi connectivity index (χ0v) is 10.5. The molecule has 0 aliphatic carbocycles. The van der Waals surface area contributed by atoms with E-state index in [1.807, 2.05) is 35.0 Å². The largest absolute Gasteiger partial charge is 0.494 e. The van der Waals surface area contributed by atoms with Crippen LogP contribution in [0.1, 0.15) is 25.0 Å². The van der Waals surface area contributed by atoms with E-state index in [9.17, 15) is 5.11 Å². The Bertz CT molecular complexity index is 466. The molecule has 1 N–H and O–H groups in total. The summed E-state index contributed by atoms with van der Waals surface area (Å²) in [5.74, 6) is 0.805. The van der Waals surface area contributed by atoms with Gasteiger partial charge in [0.05, 0.1) is 19.0 Å². The van der Waals surface area contributed by atoms with Crippen molar-refractivity contribution < 1.29 is 9.84 Å². The van der Waals surface area contributed by atoms with E-state index in [4.69, 9.17) is 4.74 Å². The molecule has 1 atom stereocenters. The smallest absolute Gasteiger partial charge is 0.119 e. The number of nitrogens with zero attached hydrogens (tertiary/aromatic N) is 2. The number of aliphatic hydroxyl groups excluding tert-OH is 1. The Morgan fingerprint density at radius 3 is 3.06 bits per heavy atom. The van der Waals surface area contributed by atoms with E-state index in [-0.39, 0.29) is 0 Å². The van der Waals surface area contributed by atoms with Crippen molar-refractivity contribution in [2.75, 3.05) is 6.61 Å². The molecule has 0 saturated carbocycles. The van der Waals surface area contributed by atoms with Crippen molar-refractivity contribution >= 4 is 0 Å². The van der Waals surface area contributed by atoms with Crippen molar-refractivity contribution in [2.24, 2.45) is 0 Å². The first kappa shape index (κ1) is 12.6.